The molecule has 2 fully saturated rings. The smallest absolute Gasteiger partial charge is 0.326 e. The van der Waals surface area contributed by atoms with Gasteiger partial charge in [-0.05, 0) is 16.7 Å². The minimum absolute atomic E-state index is 0.0334. The standard InChI is InChI=1S/C14H24N2O3/c1-13(2,3)10(15)11(17)16-6-7-8(14(7,4)5)9(16)12(18)19/h7-10H,6,15H2,1-5H3,(H,18,19). The Morgan fingerprint density at radius 2 is 1.89 bits per heavy atom. The predicted molar refractivity (Wildman–Crippen MR) is 71.3 cm³/mol. The zero-order valence-electron chi connectivity index (χ0n) is 12.3. The highest BCUT2D eigenvalue weighted by molar-refractivity contribution is 5.89. The lowest BCUT2D eigenvalue weighted by molar-refractivity contribution is -0.151. The summed E-state index contributed by atoms with van der Waals surface area (Å²) in [6, 6.07) is -1.36. The molecule has 1 aliphatic heterocycles. The maximum Gasteiger partial charge on any atom is 0.326 e. The molecule has 0 spiro atoms. The number of amides is 1. The quantitative estimate of drug-likeness (QED) is 0.780. The second kappa shape index (κ2) is 3.95. The lowest BCUT2D eigenvalue weighted by atomic mass is 9.86. The highest BCUT2D eigenvalue weighted by Crippen LogP contribution is 2.64. The predicted octanol–water partition coefficient (Wildman–Crippen LogP) is 0.927. The van der Waals surface area contributed by atoms with E-state index in [1.54, 1.807) is 0 Å². The van der Waals surface area contributed by atoms with Crippen molar-refractivity contribution in [2.24, 2.45) is 28.4 Å². The van der Waals surface area contributed by atoms with Gasteiger partial charge in [-0.1, -0.05) is 34.6 Å². The Bertz CT molecular complexity index is 425. The number of nitrogens with zero attached hydrogens (tertiary/aromatic N) is 1. The van der Waals surface area contributed by atoms with Gasteiger partial charge in [-0.2, -0.15) is 0 Å². The monoisotopic (exact) mass is 268 g/mol. The largest absolute Gasteiger partial charge is 0.480 e. The fourth-order valence-corrected chi connectivity index (χ4v) is 3.34. The number of carbonyl (C=O) groups is 2. The summed E-state index contributed by atoms with van der Waals surface area (Å²) in [7, 11) is 0. The summed E-state index contributed by atoms with van der Waals surface area (Å²) in [6.45, 7) is 10.4. The molecule has 2 aliphatic rings. The van der Waals surface area contributed by atoms with E-state index in [0.29, 0.717) is 12.5 Å². The van der Waals surface area contributed by atoms with Gasteiger partial charge in [0.1, 0.15) is 6.04 Å². The van der Waals surface area contributed by atoms with Gasteiger partial charge >= 0.3 is 5.97 Å². The second-order valence-electron chi connectivity index (χ2n) is 7.57. The molecule has 4 atom stereocenters. The highest BCUT2D eigenvalue weighted by Gasteiger charge is 2.69. The van der Waals surface area contributed by atoms with E-state index in [0.717, 1.165) is 0 Å². The molecule has 0 aromatic heterocycles. The zero-order chi connectivity index (χ0) is 14.7. The Kier molecular flexibility index (Phi) is 2.97. The summed E-state index contributed by atoms with van der Waals surface area (Å²) in [5.74, 6) is -0.777. The van der Waals surface area contributed by atoms with E-state index < -0.39 is 18.1 Å². The third-order valence-electron chi connectivity index (χ3n) is 4.94. The summed E-state index contributed by atoms with van der Waals surface area (Å²) in [5, 5.41) is 9.41. The van der Waals surface area contributed by atoms with Gasteiger partial charge in [0.05, 0.1) is 6.04 Å². The summed E-state index contributed by atoms with van der Waals surface area (Å²) in [5.41, 5.74) is 5.65. The van der Waals surface area contributed by atoms with Gasteiger partial charge in [0, 0.05) is 12.5 Å². The fraction of sp³-hybridized carbons (Fsp3) is 0.857. The molecule has 0 radical (unpaired) electrons. The molecule has 1 saturated heterocycles. The lowest BCUT2D eigenvalue weighted by Gasteiger charge is -2.34. The molecule has 1 saturated carbocycles. The first-order chi connectivity index (χ1) is 8.49. The Balaban J connectivity index is 2.19. The van der Waals surface area contributed by atoms with E-state index in [4.69, 9.17) is 5.73 Å². The molecule has 1 heterocycles. The maximum atomic E-state index is 12.4. The summed E-state index contributed by atoms with van der Waals surface area (Å²) in [6.07, 6.45) is 0. The number of carboxylic acids is 1. The van der Waals surface area contributed by atoms with Gasteiger partial charge in [0.2, 0.25) is 5.91 Å². The van der Waals surface area contributed by atoms with Gasteiger partial charge in [0.15, 0.2) is 0 Å². The number of rotatable bonds is 2. The number of hydrogen-bond donors (Lipinski definition) is 2. The normalized spacial score (nSPS) is 33.8. The number of carbonyl (C=O) groups excluding carboxylic acids is 1. The van der Waals surface area contributed by atoms with Crippen LogP contribution >= 0.6 is 0 Å². The van der Waals surface area contributed by atoms with Crippen molar-refractivity contribution < 1.29 is 14.7 Å². The Morgan fingerprint density at radius 1 is 1.37 bits per heavy atom. The van der Waals surface area contributed by atoms with Crippen LogP contribution in [0.5, 0.6) is 0 Å². The van der Waals surface area contributed by atoms with Crippen molar-refractivity contribution in [1.29, 1.82) is 0 Å². The van der Waals surface area contributed by atoms with E-state index in [-0.39, 0.29) is 22.7 Å². The van der Waals surface area contributed by atoms with Crippen molar-refractivity contribution in [2.75, 3.05) is 6.54 Å². The van der Waals surface area contributed by atoms with Crippen molar-refractivity contribution in [2.45, 2.75) is 46.7 Å². The molecular formula is C14H24N2O3. The Labute approximate surface area is 114 Å². The number of piperidine rings is 1. The minimum Gasteiger partial charge on any atom is -0.480 e. The summed E-state index contributed by atoms with van der Waals surface area (Å²) in [4.78, 5) is 25.4. The van der Waals surface area contributed by atoms with E-state index in [1.165, 1.54) is 4.90 Å². The molecule has 0 aromatic rings. The number of nitrogens with two attached hydrogens (primary N) is 1. The van der Waals surface area contributed by atoms with Gasteiger partial charge < -0.3 is 15.7 Å². The first kappa shape index (κ1) is 14.3. The third-order valence-corrected chi connectivity index (χ3v) is 4.94. The van der Waals surface area contributed by atoms with E-state index in [1.807, 2.05) is 20.8 Å². The molecule has 0 aromatic carbocycles. The molecule has 1 amide bonds. The molecule has 5 heteroatoms. The second-order valence-corrected chi connectivity index (χ2v) is 7.57. The summed E-state index contributed by atoms with van der Waals surface area (Å²) >= 11 is 0. The Hall–Kier alpha value is -1.10. The van der Waals surface area contributed by atoms with Gasteiger partial charge in [-0.15, -0.1) is 0 Å². The molecule has 0 bridgehead atoms. The fourth-order valence-electron chi connectivity index (χ4n) is 3.34. The van der Waals surface area contributed by atoms with Gasteiger partial charge in [0.25, 0.3) is 0 Å². The van der Waals surface area contributed by atoms with Crippen LogP contribution in [-0.2, 0) is 9.59 Å². The molecule has 19 heavy (non-hydrogen) atoms. The van der Waals surface area contributed by atoms with Gasteiger partial charge in [-0.25, -0.2) is 4.79 Å². The summed E-state index contributed by atoms with van der Waals surface area (Å²) < 4.78 is 0. The van der Waals surface area contributed by atoms with E-state index >= 15 is 0 Å². The average Bonchev–Trinajstić information content (AvgIpc) is 2.65. The molecular weight excluding hydrogens is 244 g/mol. The Morgan fingerprint density at radius 3 is 2.32 bits per heavy atom. The van der Waals surface area contributed by atoms with Crippen molar-refractivity contribution >= 4 is 11.9 Å². The van der Waals surface area contributed by atoms with Crippen LogP contribution in [0.15, 0.2) is 0 Å². The SMILES string of the molecule is CC(C)(C)C(N)C(=O)N1CC2C(C1C(=O)O)C2(C)C. The first-order valence-electron chi connectivity index (χ1n) is 6.78. The zero-order valence-corrected chi connectivity index (χ0v) is 12.3. The van der Waals surface area contributed by atoms with Crippen LogP contribution in [0.1, 0.15) is 34.6 Å². The van der Waals surface area contributed by atoms with Crippen molar-refractivity contribution in [3.05, 3.63) is 0 Å². The minimum atomic E-state index is -0.910. The van der Waals surface area contributed by atoms with Crippen LogP contribution in [0.25, 0.3) is 0 Å². The van der Waals surface area contributed by atoms with Crippen LogP contribution in [0, 0.1) is 22.7 Å². The van der Waals surface area contributed by atoms with Crippen molar-refractivity contribution in [3.8, 4) is 0 Å². The van der Waals surface area contributed by atoms with Crippen LogP contribution in [0.4, 0.5) is 0 Å². The number of likely N-dealkylation sites (tertiary alicyclic amines) is 1. The van der Waals surface area contributed by atoms with E-state index in [9.17, 15) is 14.7 Å². The van der Waals surface area contributed by atoms with Crippen LogP contribution in [-0.4, -0.2) is 40.5 Å². The van der Waals surface area contributed by atoms with Crippen molar-refractivity contribution in [1.82, 2.24) is 4.90 Å². The van der Waals surface area contributed by atoms with Crippen LogP contribution in [0.3, 0.4) is 0 Å². The molecule has 2 rings (SSSR count). The maximum absolute atomic E-state index is 12.4. The highest BCUT2D eigenvalue weighted by atomic mass is 16.4. The van der Waals surface area contributed by atoms with Crippen LogP contribution in [0.2, 0.25) is 0 Å². The number of carboxylic acid groups (broad SMARTS) is 1. The first-order valence-corrected chi connectivity index (χ1v) is 6.78. The van der Waals surface area contributed by atoms with Gasteiger partial charge in [-0.3, -0.25) is 4.79 Å². The van der Waals surface area contributed by atoms with Crippen LogP contribution < -0.4 is 5.73 Å². The average molecular weight is 268 g/mol. The number of fused-ring (bicyclic) bond motifs is 1. The topological polar surface area (TPSA) is 83.6 Å². The number of hydrogen-bond acceptors (Lipinski definition) is 3. The molecule has 1 aliphatic carbocycles. The molecule has 5 nitrogen and oxygen atoms in total. The molecule has 4 unspecified atom stereocenters. The molecule has 3 N–H and O–H groups in total. The third kappa shape index (κ3) is 2.04. The van der Waals surface area contributed by atoms with E-state index in [2.05, 4.69) is 13.8 Å². The number of aliphatic carboxylic acids is 1. The molecule has 108 valence electrons. The van der Waals surface area contributed by atoms with Crippen molar-refractivity contribution in [3.63, 3.8) is 0 Å². The lowest BCUT2D eigenvalue weighted by Crippen LogP contribution is -2.55.